The van der Waals surface area contributed by atoms with Crippen LogP contribution < -0.4 is 10.2 Å². The third-order valence-electron chi connectivity index (χ3n) is 3.13. The molecule has 0 atom stereocenters. The van der Waals surface area contributed by atoms with Crippen molar-refractivity contribution < 1.29 is 4.74 Å². The summed E-state index contributed by atoms with van der Waals surface area (Å²) < 4.78 is 5.10. The van der Waals surface area contributed by atoms with Crippen LogP contribution in [0.3, 0.4) is 0 Å². The maximum atomic E-state index is 5.31. The molecule has 0 saturated carbocycles. The van der Waals surface area contributed by atoms with Crippen molar-refractivity contribution in [2.75, 3.05) is 20.2 Å². The van der Waals surface area contributed by atoms with E-state index >= 15 is 0 Å². The molecular weight excluding hydrogens is 258 g/mol. The van der Waals surface area contributed by atoms with E-state index in [1.807, 2.05) is 24.3 Å². The van der Waals surface area contributed by atoms with Crippen molar-refractivity contribution in [3.63, 3.8) is 0 Å². The highest BCUT2D eigenvalue weighted by Gasteiger charge is 2.12. The van der Waals surface area contributed by atoms with Crippen LogP contribution in [0.2, 0.25) is 0 Å². The number of ether oxygens (including phenoxy) is 1. The Labute approximate surface area is 119 Å². The summed E-state index contributed by atoms with van der Waals surface area (Å²) in [5.41, 5.74) is 3.93. The number of nitrogens with one attached hydrogen (secondary N) is 1. The number of methoxy groups -OCH3 is 1. The zero-order valence-electron chi connectivity index (χ0n) is 11.1. The Morgan fingerprint density at radius 3 is 2.58 bits per heavy atom. The summed E-state index contributed by atoms with van der Waals surface area (Å²) in [6.45, 7) is 2.06. The molecule has 1 aromatic carbocycles. The molecule has 2 rings (SSSR count). The first-order chi connectivity index (χ1) is 9.29. The van der Waals surface area contributed by atoms with E-state index in [2.05, 4.69) is 15.4 Å². The van der Waals surface area contributed by atoms with Crippen LogP contribution in [0, 0.1) is 0 Å². The van der Waals surface area contributed by atoms with Crippen molar-refractivity contribution in [2.45, 2.75) is 19.3 Å². The van der Waals surface area contributed by atoms with Crippen LogP contribution >= 0.6 is 12.2 Å². The van der Waals surface area contributed by atoms with Crippen LogP contribution in [0.25, 0.3) is 0 Å². The Kier molecular flexibility index (Phi) is 5.15. The van der Waals surface area contributed by atoms with E-state index in [0.717, 1.165) is 24.4 Å². The Morgan fingerprint density at radius 2 is 1.95 bits per heavy atom. The highest BCUT2D eigenvalue weighted by molar-refractivity contribution is 7.80. The number of hydrogen-bond donors (Lipinski definition) is 1. The third-order valence-corrected chi connectivity index (χ3v) is 3.48. The van der Waals surface area contributed by atoms with Crippen LogP contribution in [-0.4, -0.2) is 36.4 Å². The topological polar surface area (TPSA) is 36.9 Å². The lowest BCUT2D eigenvalue weighted by molar-refractivity contribution is 0.338. The highest BCUT2D eigenvalue weighted by atomic mass is 32.1. The minimum Gasteiger partial charge on any atom is -0.497 e. The summed E-state index contributed by atoms with van der Waals surface area (Å²) in [5.74, 6) is 0.842. The highest BCUT2D eigenvalue weighted by Crippen LogP contribution is 2.10. The van der Waals surface area contributed by atoms with E-state index in [4.69, 9.17) is 17.0 Å². The zero-order chi connectivity index (χ0) is 13.5. The Hall–Kier alpha value is -1.62. The molecule has 1 fully saturated rings. The van der Waals surface area contributed by atoms with Crippen molar-refractivity contribution in [2.24, 2.45) is 5.10 Å². The van der Waals surface area contributed by atoms with Gasteiger partial charge in [0.1, 0.15) is 5.75 Å². The van der Waals surface area contributed by atoms with E-state index in [-0.39, 0.29) is 0 Å². The Morgan fingerprint density at radius 1 is 1.26 bits per heavy atom. The van der Waals surface area contributed by atoms with Gasteiger partial charge in [0, 0.05) is 13.1 Å². The smallest absolute Gasteiger partial charge is 0.189 e. The quantitative estimate of drug-likeness (QED) is 0.523. The van der Waals surface area contributed by atoms with Crippen molar-refractivity contribution in [3.8, 4) is 5.75 Å². The van der Waals surface area contributed by atoms with Crippen molar-refractivity contribution >= 4 is 23.5 Å². The van der Waals surface area contributed by atoms with Gasteiger partial charge in [-0.2, -0.15) is 5.10 Å². The van der Waals surface area contributed by atoms with Gasteiger partial charge in [-0.15, -0.1) is 0 Å². The van der Waals surface area contributed by atoms with Gasteiger partial charge in [-0.1, -0.05) is 0 Å². The van der Waals surface area contributed by atoms with Gasteiger partial charge in [0.2, 0.25) is 0 Å². The van der Waals surface area contributed by atoms with Crippen molar-refractivity contribution in [1.82, 2.24) is 10.3 Å². The first-order valence-corrected chi connectivity index (χ1v) is 6.92. The van der Waals surface area contributed by atoms with Crippen molar-refractivity contribution in [3.05, 3.63) is 29.8 Å². The first kappa shape index (κ1) is 13.8. The lowest BCUT2D eigenvalue weighted by Gasteiger charge is -2.28. The molecule has 0 amide bonds. The molecule has 1 N–H and O–H groups in total. The first-order valence-electron chi connectivity index (χ1n) is 6.51. The molecule has 4 nitrogen and oxygen atoms in total. The number of likely N-dealkylation sites (tertiary alicyclic amines) is 1. The fourth-order valence-corrected chi connectivity index (χ4v) is 2.25. The Bertz CT molecular complexity index is 439. The average molecular weight is 277 g/mol. The summed E-state index contributed by atoms with van der Waals surface area (Å²) in [6.07, 6.45) is 5.48. The molecule has 0 aromatic heterocycles. The maximum Gasteiger partial charge on any atom is 0.189 e. The van der Waals surface area contributed by atoms with E-state index in [9.17, 15) is 0 Å². The van der Waals surface area contributed by atoms with Gasteiger partial charge in [-0.25, -0.2) is 0 Å². The lowest BCUT2D eigenvalue weighted by atomic mass is 10.1. The maximum absolute atomic E-state index is 5.31. The van der Waals surface area contributed by atoms with Gasteiger partial charge < -0.3 is 9.64 Å². The number of hydrogen-bond acceptors (Lipinski definition) is 3. The normalized spacial score (nSPS) is 15.5. The average Bonchev–Trinajstić information content (AvgIpc) is 2.49. The molecule has 1 aliphatic heterocycles. The molecule has 1 aliphatic rings. The van der Waals surface area contributed by atoms with Gasteiger partial charge in [-0.3, -0.25) is 5.43 Å². The lowest BCUT2D eigenvalue weighted by Crippen LogP contribution is -2.40. The van der Waals surface area contributed by atoms with Gasteiger partial charge >= 0.3 is 0 Å². The molecule has 19 heavy (non-hydrogen) atoms. The fourth-order valence-electron chi connectivity index (χ4n) is 2.02. The van der Waals surface area contributed by atoms with Crippen LogP contribution in [0.4, 0.5) is 0 Å². The number of hydrazone groups is 1. The SMILES string of the molecule is COc1ccc(/C=N\NC(=S)N2CCCCC2)cc1. The van der Waals surface area contributed by atoms with Gasteiger partial charge in [0.15, 0.2) is 5.11 Å². The molecule has 0 unspecified atom stereocenters. The largest absolute Gasteiger partial charge is 0.497 e. The van der Waals surface area contributed by atoms with Crippen LogP contribution in [0.5, 0.6) is 5.75 Å². The summed E-state index contributed by atoms with van der Waals surface area (Å²) in [4.78, 5) is 2.17. The zero-order valence-corrected chi connectivity index (χ0v) is 11.9. The second kappa shape index (κ2) is 7.09. The van der Waals surface area contributed by atoms with E-state index in [0.29, 0.717) is 5.11 Å². The molecular formula is C14H19N3OS. The van der Waals surface area contributed by atoms with E-state index in [1.165, 1.54) is 19.3 Å². The van der Waals surface area contributed by atoms with E-state index < -0.39 is 0 Å². The van der Waals surface area contributed by atoms with E-state index in [1.54, 1.807) is 13.3 Å². The predicted octanol–water partition coefficient (Wildman–Crippen LogP) is 2.39. The number of thiocarbonyl (C=S) groups is 1. The third kappa shape index (κ3) is 4.21. The number of nitrogens with zero attached hydrogens (tertiary/aromatic N) is 2. The standard InChI is InChI=1S/C14H19N3OS/c1-18-13-7-5-12(6-8-13)11-15-16-14(19)17-9-3-2-4-10-17/h5-8,11H,2-4,9-10H2,1H3,(H,16,19)/b15-11-. The minimum absolute atomic E-state index is 0.712. The fraction of sp³-hybridized carbons (Fsp3) is 0.429. The van der Waals surface area contributed by atoms with Crippen LogP contribution in [-0.2, 0) is 0 Å². The van der Waals surface area contributed by atoms with Gasteiger partial charge in [0.25, 0.3) is 0 Å². The van der Waals surface area contributed by atoms with Crippen LogP contribution in [0.1, 0.15) is 24.8 Å². The molecule has 102 valence electrons. The molecule has 0 bridgehead atoms. The monoisotopic (exact) mass is 277 g/mol. The summed E-state index contributed by atoms with van der Waals surface area (Å²) in [6, 6.07) is 7.72. The molecule has 5 heteroatoms. The summed E-state index contributed by atoms with van der Waals surface area (Å²) in [5, 5.41) is 4.89. The summed E-state index contributed by atoms with van der Waals surface area (Å²) in [7, 11) is 1.65. The molecule has 0 aliphatic carbocycles. The molecule has 1 heterocycles. The van der Waals surface area contributed by atoms with Gasteiger partial charge in [-0.05, 0) is 61.3 Å². The number of benzene rings is 1. The van der Waals surface area contributed by atoms with Gasteiger partial charge in [0.05, 0.1) is 13.3 Å². The second-order valence-corrected chi connectivity index (χ2v) is 4.88. The molecule has 0 radical (unpaired) electrons. The Balaban J connectivity index is 1.83. The molecule has 1 saturated heterocycles. The predicted molar refractivity (Wildman–Crippen MR) is 81.7 cm³/mol. The van der Waals surface area contributed by atoms with Crippen molar-refractivity contribution in [1.29, 1.82) is 0 Å². The van der Waals surface area contributed by atoms with Crippen LogP contribution in [0.15, 0.2) is 29.4 Å². The summed E-state index contributed by atoms with van der Waals surface area (Å²) >= 11 is 5.31. The minimum atomic E-state index is 0.712. The molecule has 0 spiro atoms. The second-order valence-electron chi connectivity index (χ2n) is 4.50. The number of piperidine rings is 1. The molecule has 1 aromatic rings. The number of rotatable bonds is 3.